The van der Waals surface area contributed by atoms with Crippen LogP contribution in [0.15, 0.2) is 73.0 Å². The fourth-order valence-corrected chi connectivity index (χ4v) is 3.06. The molecule has 1 nitrogen and oxygen atoms in total. The number of pyridine rings is 1. The highest BCUT2D eigenvalue weighted by molar-refractivity contribution is 6.07. The Labute approximate surface area is 118 Å². The van der Waals surface area contributed by atoms with Crippen molar-refractivity contribution in [3.05, 3.63) is 78.5 Å². The van der Waals surface area contributed by atoms with Gasteiger partial charge in [-0.1, -0.05) is 60.7 Å². The molecule has 1 aliphatic rings. The maximum absolute atomic E-state index is 4.62. The van der Waals surface area contributed by atoms with E-state index in [2.05, 4.69) is 71.8 Å². The molecule has 2 aromatic carbocycles. The van der Waals surface area contributed by atoms with Gasteiger partial charge in [-0.05, 0) is 23.4 Å². The molecule has 1 heteroatoms. The number of fused-ring (bicyclic) bond motifs is 3. The summed E-state index contributed by atoms with van der Waals surface area (Å²) in [6, 6.07) is 15.0. The zero-order valence-electron chi connectivity index (χ0n) is 11.2. The lowest BCUT2D eigenvalue weighted by molar-refractivity contribution is 0.862. The van der Waals surface area contributed by atoms with E-state index in [1.54, 1.807) is 0 Å². The highest BCUT2D eigenvalue weighted by Crippen LogP contribution is 2.34. The minimum Gasteiger partial charge on any atom is -0.256 e. The summed E-state index contributed by atoms with van der Waals surface area (Å²) >= 11 is 0. The Morgan fingerprint density at radius 3 is 2.80 bits per heavy atom. The number of hydrogen-bond donors (Lipinski definition) is 0. The molecule has 0 amide bonds. The maximum Gasteiger partial charge on any atom is 0.0711 e. The summed E-state index contributed by atoms with van der Waals surface area (Å²) in [5.74, 6) is 0.455. The van der Waals surface area contributed by atoms with Crippen LogP contribution in [0.1, 0.15) is 17.9 Å². The number of nitrogens with zero attached hydrogens (tertiary/aromatic N) is 1. The molecule has 0 spiro atoms. The van der Waals surface area contributed by atoms with Crippen molar-refractivity contribution in [3.8, 4) is 0 Å². The SMILES string of the molecule is C1=CCC(c2cccc3ncc4ccccc4c23)C=C1. The molecular weight excluding hydrogens is 242 g/mol. The number of benzene rings is 2. The van der Waals surface area contributed by atoms with E-state index in [1.807, 2.05) is 6.20 Å². The van der Waals surface area contributed by atoms with Gasteiger partial charge in [0.1, 0.15) is 0 Å². The van der Waals surface area contributed by atoms with E-state index in [0.717, 1.165) is 11.9 Å². The van der Waals surface area contributed by atoms with E-state index >= 15 is 0 Å². The van der Waals surface area contributed by atoms with Crippen LogP contribution in [-0.2, 0) is 0 Å². The van der Waals surface area contributed by atoms with E-state index in [0.29, 0.717) is 5.92 Å². The van der Waals surface area contributed by atoms with Crippen molar-refractivity contribution in [1.29, 1.82) is 0 Å². The molecule has 1 aliphatic carbocycles. The van der Waals surface area contributed by atoms with Crippen molar-refractivity contribution in [2.45, 2.75) is 12.3 Å². The molecule has 0 fully saturated rings. The molecule has 1 unspecified atom stereocenters. The summed E-state index contributed by atoms with van der Waals surface area (Å²) in [5.41, 5.74) is 2.47. The second-order valence-corrected chi connectivity index (χ2v) is 5.24. The van der Waals surface area contributed by atoms with Crippen molar-refractivity contribution in [3.63, 3.8) is 0 Å². The van der Waals surface area contributed by atoms with Crippen LogP contribution in [0, 0.1) is 0 Å². The summed E-state index contributed by atoms with van der Waals surface area (Å²) in [6.45, 7) is 0. The minimum atomic E-state index is 0.455. The normalized spacial score (nSPS) is 17.9. The van der Waals surface area contributed by atoms with Crippen LogP contribution < -0.4 is 0 Å². The van der Waals surface area contributed by atoms with Crippen molar-refractivity contribution < 1.29 is 0 Å². The highest BCUT2D eigenvalue weighted by atomic mass is 14.6. The number of aromatic nitrogens is 1. The van der Waals surface area contributed by atoms with Gasteiger partial charge >= 0.3 is 0 Å². The van der Waals surface area contributed by atoms with E-state index in [4.69, 9.17) is 0 Å². The van der Waals surface area contributed by atoms with E-state index in [1.165, 1.54) is 21.7 Å². The van der Waals surface area contributed by atoms with Gasteiger partial charge in [0.05, 0.1) is 5.52 Å². The molecule has 4 rings (SSSR count). The first kappa shape index (κ1) is 11.4. The van der Waals surface area contributed by atoms with Crippen LogP contribution in [0.25, 0.3) is 21.7 Å². The highest BCUT2D eigenvalue weighted by Gasteiger charge is 2.14. The van der Waals surface area contributed by atoms with Crippen molar-refractivity contribution in [1.82, 2.24) is 4.98 Å². The van der Waals surface area contributed by atoms with E-state index < -0.39 is 0 Å². The second-order valence-electron chi connectivity index (χ2n) is 5.24. The molecule has 20 heavy (non-hydrogen) atoms. The molecule has 1 aromatic heterocycles. The average molecular weight is 257 g/mol. The second kappa shape index (κ2) is 4.61. The quantitative estimate of drug-likeness (QED) is 0.560. The number of rotatable bonds is 1. The first-order valence-corrected chi connectivity index (χ1v) is 7.03. The van der Waals surface area contributed by atoms with Gasteiger partial charge in [-0.15, -0.1) is 0 Å². The zero-order chi connectivity index (χ0) is 13.4. The molecule has 0 radical (unpaired) electrons. The fourth-order valence-electron chi connectivity index (χ4n) is 3.06. The fraction of sp³-hybridized carbons (Fsp3) is 0.105. The van der Waals surface area contributed by atoms with Crippen molar-refractivity contribution >= 4 is 21.7 Å². The molecule has 1 heterocycles. The largest absolute Gasteiger partial charge is 0.256 e. The van der Waals surface area contributed by atoms with Gasteiger partial charge in [-0.2, -0.15) is 0 Å². The van der Waals surface area contributed by atoms with Crippen LogP contribution in [-0.4, -0.2) is 4.98 Å². The van der Waals surface area contributed by atoms with E-state index in [9.17, 15) is 0 Å². The summed E-state index contributed by atoms with van der Waals surface area (Å²) in [6.07, 6.45) is 11.8. The average Bonchev–Trinajstić information content (AvgIpc) is 2.55. The Bertz CT molecular complexity index is 843. The topological polar surface area (TPSA) is 12.9 Å². The van der Waals surface area contributed by atoms with Gasteiger partial charge in [-0.3, -0.25) is 4.98 Å². The molecule has 0 N–H and O–H groups in total. The van der Waals surface area contributed by atoms with Gasteiger partial charge in [0.15, 0.2) is 0 Å². The van der Waals surface area contributed by atoms with Crippen molar-refractivity contribution in [2.24, 2.45) is 0 Å². The Hall–Kier alpha value is -2.41. The minimum absolute atomic E-state index is 0.455. The predicted octanol–water partition coefficient (Wildman–Crippen LogP) is 4.99. The maximum atomic E-state index is 4.62. The summed E-state index contributed by atoms with van der Waals surface area (Å²) in [4.78, 5) is 4.62. The van der Waals surface area contributed by atoms with Crippen LogP contribution in [0.4, 0.5) is 0 Å². The van der Waals surface area contributed by atoms with Gasteiger partial charge in [-0.25, -0.2) is 0 Å². The Balaban J connectivity index is 2.07. The Morgan fingerprint density at radius 2 is 1.90 bits per heavy atom. The number of allylic oxidation sites excluding steroid dienone is 4. The summed E-state index contributed by atoms with van der Waals surface area (Å²) in [5, 5.41) is 3.81. The summed E-state index contributed by atoms with van der Waals surface area (Å²) in [7, 11) is 0. The molecule has 0 aliphatic heterocycles. The third-order valence-corrected chi connectivity index (χ3v) is 4.03. The Morgan fingerprint density at radius 1 is 0.950 bits per heavy atom. The molecule has 1 atom stereocenters. The predicted molar refractivity (Wildman–Crippen MR) is 84.9 cm³/mol. The first-order valence-electron chi connectivity index (χ1n) is 7.03. The molecule has 0 bridgehead atoms. The lowest BCUT2D eigenvalue weighted by Crippen LogP contribution is -1.98. The Kier molecular flexibility index (Phi) is 2.63. The number of hydrogen-bond acceptors (Lipinski definition) is 1. The monoisotopic (exact) mass is 257 g/mol. The lowest BCUT2D eigenvalue weighted by atomic mass is 9.88. The van der Waals surface area contributed by atoms with Crippen LogP contribution >= 0.6 is 0 Å². The molecule has 0 saturated heterocycles. The van der Waals surface area contributed by atoms with E-state index in [-0.39, 0.29) is 0 Å². The van der Waals surface area contributed by atoms with Crippen LogP contribution in [0.5, 0.6) is 0 Å². The summed E-state index contributed by atoms with van der Waals surface area (Å²) < 4.78 is 0. The third-order valence-electron chi connectivity index (χ3n) is 4.03. The van der Waals surface area contributed by atoms with Gasteiger partial charge < -0.3 is 0 Å². The third kappa shape index (κ3) is 1.75. The lowest BCUT2D eigenvalue weighted by Gasteiger charge is -2.17. The van der Waals surface area contributed by atoms with Crippen LogP contribution in [0.2, 0.25) is 0 Å². The van der Waals surface area contributed by atoms with Gasteiger partial charge in [0, 0.05) is 22.9 Å². The van der Waals surface area contributed by atoms with Gasteiger partial charge in [0.2, 0.25) is 0 Å². The smallest absolute Gasteiger partial charge is 0.0711 e. The van der Waals surface area contributed by atoms with Crippen LogP contribution in [0.3, 0.4) is 0 Å². The standard InChI is InChI=1S/C19H15N/c1-2-7-14(8-3-1)16-11-6-12-18-19(16)17-10-5-4-9-15(17)13-20-18/h1-7,9-14H,8H2. The van der Waals surface area contributed by atoms with Gasteiger partial charge in [0.25, 0.3) is 0 Å². The molecular formula is C19H15N. The molecule has 3 aromatic rings. The molecule has 96 valence electrons. The molecule has 0 saturated carbocycles. The van der Waals surface area contributed by atoms with Crippen molar-refractivity contribution in [2.75, 3.05) is 0 Å². The first-order chi connectivity index (χ1) is 9.93. The zero-order valence-corrected chi connectivity index (χ0v) is 11.2.